The van der Waals surface area contributed by atoms with Gasteiger partial charge in [-0.3, -0.25) is 14.6 Å². The number of hydrogen-bond donors (Lipinski definition) is 1. The van der Waals surface area contributed by atoms with E-state index in [1.807, 2.05) is 25.1 Å². The van der Waals surface area contributed by atoms with Crippen LogP contribution in [-0.2, 0) is 11.3 Å². The minimum atomic E-state index is -0.115. The fraction of sp³-hybridized carbons (Fsp3) is 0.353. The molecule has 0 saturated heterocycles. The van der Waals surface area contributed by atoms with E-state index < -0.39 is 0 Å². The largest absolute Gasteiger partial charge is 0.469 e. The highest BCUT2D eigenvalue weighted by atomic mass is 16.3. The Labute approximate surface area is 135 Å². The van der Waals surface area contributed by atoms with Crippen molar-refractivity contribution in [2.24, 2.45) is 0 Å². The molecule has 0 aliphatic carbocycles. The lowest BCUT2D eigenvalue weighted by Gasteiger charge is -2.20. The molecule has 2 rings (SSSR count). The average Bonchev–Trinajstić information content (AvgIpc) is 3.00. The number of hydrogen-bond acceptors (Lipinski definition) is 4. The van der Waals surface area contributed by atoms with Gasteiger partial charge in [0.2, 0.25) is 5.91 Å². The Morgan fingerprint density at radius 2 is 2.13 bits per heavy atom. The van der Waals surface area contributed by atoms with Crippen molar-refractivity contribution in [3.63, 3.8) is 0 Å². The monoisotopic (exact) mass is 315 g/mol. The zero-order valence-electron chi connectivity index (χ0n) is 13.4. The highest BCUT2D eigenvalue weighted by Gasteiger charge is 2.18. The van der Waals surface area contributed by atoms with Crippen molar-refractivity contribution in [2.75, 3.05) is 13.1 Å². The number of nitrogens with zero attached hydrogens (tertiary/aromatic N) is 2. The topological polar surface area (TPSA) is 75.4 Å². The van der Waals surface area contributed by atoms with Gasteiger partial charge in [-0.25, -0.2) is 0 Å². The Hall–Kier alpha value is -2.63. The Balaban J connectivity index is 1.82. The minimum Gasteiger partial charge on any atom is -0.469 e. The molecule has 122 valence electrons. The number of furan rings is 1. The summed E-state index contributed by atoms with van der Waals surface area (Å²) in [4.78, 5) is 30.1. The SMILES string of the molecule is CCN(CCC(=O)NCc1ccccn1)C(=O)c1ccoc1C. The van der Waals surface area contributed by atoms with Crippen LogP contribution in [0.4, 0.5) is 0 Å². The molecule has 0 fully saturated rings. The maximum Gasteiger partial charge on any atom is 0.257 e. The Kier molecular flexibility index (Phi) is 5.91. The third-order valence-electron chi connectivity index (χ3n) is 3.56. The summed E-state index contributed by atoms with van der Waals surface area (Å²) in [5.74, 6) is 0.371. The van der Waals surface area contributed by atoms with Crippen molar-refractivity contribution in [3.05, 3.63) is 53.7 Å². The third-order valence-corrected chi connectivity index (χ3v) is 3.56. The van der Waals surface area contributed by atoms with E-state index in [9.17, 15) is 9.59 Å². The standard InChI is InChI=1S/C17H21N3O3/c1-3-20(17(22)15-8-11-23-13(15)2)10-7-16(21)19-12-14-6-4-5-9-18-14/h4-6,8-9,11H,3,7,10,12H2,1-2H3,(H,19,21). The van der Waals surface area contributed by atoms with Crippen molar-refractivity contribution >= 4 is 11.8 Å². The molecule has 23 heavy (non-hydrogen) atoms. The van der Waals surface area contributed by atoms with Crippen molar-refractivity contribution < 1.29 is 14.0 Å². The maximum atomic E-state index is 12.4. The molecule has 0 bridgehead atoms. The summed E-state index contributed by atoms with van der Waals surface area (Å²) in [6.07, 6.45) is 3.44. The van der Waals surface area contributed by atoms with E-state index in [1.165, 1.54) is 6.26 Å². The normalized spacial score (nSPS) is 10.3. The van der Waals surface area contributed by atoms with Gasteiger partial charge in [-0.1, -0.05) is 6.07 Å². The molecule has 1 N–H and O–H groups in total. The molecular formula is C17H21N3O3. The molecule has 0 saturated carbocycles. The summed E-state index contributed by atoms with van der Waals surface area (Å²) in [6, 6.07) is 7.21. The lowest BCUT2D eigenvalue weighted by atomic mass is 10.2. The van der Waals surface area contributed by atoms with Gasteiger partial charge in [0.15, 0.2) is 0 Å². The van der Waals surface area contributed by atoms with Crippen LogP contribution in [0.15, 0.2) is 41.1 Å². The van der Waals surface area contributed by atoms with Crippen LogP contribution in [0.3, 0.4) is 0 Å². The second-order valence-electron chi connectivity index (χ2n) is 5.12. The van der Waals surface area contributed by atoms with E-state index in [-0.39, 0.29) is 18.2 Å². The van der Waals surface area contributed by atoms with Crippen LogP contribution in [0.1, 0.15) is 35.2 Å². The summed E-state index contributed by atoms with van der Waals surface area (Å²) in [5, 5.41) is 2.81. The first-order chi connectivity index (χ1) is 11.1. The Morgan fingerprint density at radius 3 is 2.74 bits per heavy atom. The van der Waals surface area contributed by atoms with Crippen LogP contribution in [0.25, 0.3) is 0 Å². The van der Waals surface area contributed by atoms with Crippen LogP contribution >= 0.6 is 0 Å². The lowest BCUT2D eigenvalue weighted by molar-refractivity contribution is -0.121. The van der Waals surface area contributed by atoms with Gasteiger partial charge in [-0.05, 0) is 32.0 Å². The zero-order valence-corrected chi connectivity index (χ0v) is 13.4. The first kappa shape index (κ1) is 16.7. The second kappa shape index (κ2) is 8.12. The third kappa shape index (κ3) is 4.67. The molecule has 0 unspecified atom stereocenters. The lowest BCUT2D eigenvalue weighted by Crippen LogP contribution is -2.35. The summed E-state index contributed by atoms with van der Waals surface area (Å²) in [7, 11) is 0. The number of nitrogens with one attached hydrogen (secondary N) is 1. The zero-order chi connectivity index (χ0) is 16.7. The molecule has 6 heteroatoms. The fourth-order valence-corrected chi connectivity index (χ4v) is 2.20. The number of pyridine rings is 1. The molecule has 6 nitrogen and oxygen atoms in total. The van der Waals surface area contributed by atoms with Gasteiger partial charge < -0.3 is 14.6 Å². The predicted molar refractivity (Wildman–Crippen MR) is 85.7 cm³/mol. The molecule has 0 radical (unpaired) electrons. The Morgan fingerprint density at radius 1 is 1.30 bits per heavy atom. The number of aryl methyl sites for hydroxylation is 1. The molecule has 0 aliphatic rings. The molecule has 2 heterocycles. The van der Waals surface area contributed by atoms with Crippen LogP contribution in [0, 0.1) is 6.92 Å². The number of carbonyl (C=O) groups excluding carboxylic acids is 2. The van der Waals surface area contributed by atoms with E-state index in [0.717, 1.165) is 5.69 Å². The van der Waals surface area contributed by atoms with E-state index in [2.05, 4.69) is 10.3 Å². The van der Waals surface area contributed by atoms with Crippen LogP contribution in [0.5, 0.6) is 0 Å². The van der Waals surface area contributed by atoms with Gasteiger partial charge in [0.1, 0.15) is 5.76 Å². The molecule has 2 amide bonds. The molecule has 0 atom stereocenters. The van der Waals surface area contributed by atoms with Gasteiger partial charge >= 0.3 is 0 Å². The van der Waals surface area contributed by atoms with Gasteiger partial charge in [0.05, 0.1) is 24.1 Å². The Bertz CT molecular complexity index is 652. The maximum absolute atomic E-state index is 12.4. The molecule has 2 aromatic heterocycles. The molecule has 0 aromatic carbocycles. The van der Waals surface area contributed by atoms with Crippen molar-refractivity contribution in [1.82, 2.24) is 15.2 Å². The minimum absolute atomic E-state index is 0.106. The molecular weight excluding hydrogens is 294 g/mol. The first-order valence-corrected chi connectivity index (χ1v) is 7.61. The molecule has 0 aliphatic heterocycles. The van der Waals surface area contributed by atoms with E-state index >= 15 is 0 Å². The van der Waals surface area contributed by atoms with E-state index in [1.54, 1.807) is 24.1 Å². The van der Waals surface area contributed by atoms with Crippen LogP contribution in [0.2, 0.25) is 0 Å². The first-order valence-electron chi connectivity index (χ1n) is 7.61. The highest BCUT2D eigenvalue weighted by Crippen LogP contribution is 2.12. The van der Waals surface area contributed by atoms with Crippen molar-refractivity contribution in [2.45, 2.75) is 26.8 Å². The van der Waals surface area contributed by atoms with Crippen molar-refractivity contribution in [3.8, 4) is 0 Å². The van der Waals surface area contributed by atoms with Gasteiger partial charge in [0, 0.05) is 25.7 Å². The highest BCUT2D eigenvalue weighted by molar-refractivity contribution is 5.95. The number of amides is 2. The average molecular weight is 315 g/mol. The summed E-state index contributed by atoms with van der Waals surface area (Å²) >= 11 is 0. The molecule has 2 aromatic rings. The van der Waals surface area contributed by atoms with Crippen molar-refractivity contribution in [1.29, 1.82) is 0 Å². The number of carbonyl (C=O) groups is 2. The number of aromatic nitrogens is 1. The summed E-state index contributed by atoms with van der Waals surface area (Å²) in [6.45, 7) is 4.94. The summed E-state index contributed by atoms with van der Waals surface area (Å²) < 4.78 is 5.16. The summed E-state index contributed by atoms with van der Waals surface area (Å²) in [5.41, 5.74) is 1.35. The van der Waals surface area contributed by atoms with Crippen LogP contribution < -0.4 is 5.32 Å². The van der Waals surface area contributed by atoms with Gasteiger partial charge in [-0.2, -0.15) is 0 Å². The fourth-order valence-electron chi connectivity index (χ4n) is 2.20. The number of rotatable bonds is 7. The quantitative estimate of drug-likeness (QED) is 0.849. The molecule has 0 spiro atoms. The van der Waals surface area contributed by atoms with Crippen LogP contribution in [-0.4, -0.2) is 34.8 Å². The van der Waals surface area contributed by atoms with Gasteiger partial charge in [0.25, 0.3) is 5.91 Å². The van der Waals surface area contributed by atoms with E-state index in [0.29, 0.717) is 31.0 Å². The van der Waals surface area contributed by atoms with Gasteiger partial charge in [-0.15, -0.1) is 0 Å². The predicted octanol–water partition coefficient (Wildman–Crippen LogP) is 2.15. The van der Waals surface area contributed by atoms with E-state index in [4.69, 9.17) is 4.42 Å². The smallest absolute Gasteiger partial charge is 0.257 e. The second-order valence-corrected chi connectivity index (χ2v) is 5.12.